The molecule has 11 nitrogen and oxygen atoms in total. The van der Waals surface area contributed by atoms with Gasteiger partial charge in [0.2, 0.25) is 0 Å². The molecule has 0 spiro atoms. The van der Waals surface area contributed by atoms with Crippen LogP contribution in [0.5, 0.6) is 0 Å². The zero-order chi connectivity index (χ0) is 32.8. The van der Waals surface area contributed by atoms with E-state index in [0.29, 0.717) is 27.7 Å². The zero-order valence-corrected chi connectivity index (χ0v) is 26.5. The number of aromatic nitrogens is 2. The number of hydrogen-bond donors (Lipinski definition) is 1. The van der Waals surface area contributed by atoms with E-state index >= 15 is 0 Å². The van der Waals surface area contributed by atoms with Gasteiger partial charge < -0.3 is 4.74 Å². The molecule has 13 heteroatoms. The number of ether oxygens (including phenoxy) is 1. The molecule has 46 heavy (non-hydrogen) atoms. The lowest BCUT2D eigenvalue weighted by atomic mass is 10.0. The Bertz CT molecular complexity index is 1950. The van der Waals surface area contributed by atoms with Crippen molar-refractivity contribution in [1.29, 1.82) is 5.26 Å². The van der Waals surface area contributed by atoms with Crippen LogP contribution in [0.4, 0.5) is 5.69 Å². The summed E-state index contributed by atoms with van der Waals surface area (Å²) < 4.78 is 7.05. The van der Waals surface area contributed by atoms with Gasteiger partial charge in [-0.1, -0.05) is 60.1 Å². The largest absolute Gasteiger partial charge is 0.462 e. The summed E-state index contributed by atoms with van der Waals surface area (Å²) in [6, 6.07) is 27.0. The predicted molar refractivity (Wildman–Crippen MR) is 178 cm³/mol. The molecule has 0 saturated carbocycles. The molecular weight excluding hydrogens is 626 g/mol. The maximum atomic E-state index is 13.4. The quantitative estimate of drug-likeness (QED) is 0.0752. The Morgan fingerprint density at radius 3 is 2.24 bits per heavy atom. The lowest BCUT2D eigenvalue weighted by Gasteiger charge is -2.16. The molecular formula is C33H26ClN7O4S. The molecule has 0 saturated heterocycles. The summed E-state index contributed by atoms with van der Waals surface area (Å²) >= 11 is 6.93. The molecule has 3 aromatic carbocycles. The van der Waals surface area contributed by atoms with Crippen LogP contribution in [0.3, 0.4) is 0 Å². The average molecular weight is 652 g/mol. The molecule has 0 atom stereocenters. The number of nitrogens with one attached hydrogen (secondary N) is 1. The van der Waals surface area contributed by atoms with E-state index in [1.54, 1.807) is 42.8 Å². The fourth-order valence-electron chi connectivity index (χ4n) is 4.47. The van der Waals surface area contributed by atoms with Gasteiger partial charge in [-0.25, -0.2) is 19.9 Å². The van der Waals surface area contributed by atoms with E-state index in [9.17, 15) is 19.6 Å². The maximum absolute atomic E-state index is 13.4. The molecule has 230 valence electrons. The third-order valence-corrected chi connectivity index (χ3v) is 7.97. The Hall–Kier alpha value is -5.51. The van der Waals surface area contributed by atoms with Crippen LogP contribution in [-0.2, 0) is 14.3 Å². The normalized spacial score (nSPS) is 13.9. The number of nitrogens with zero attached hydrogens (tertiary/aromatic N) is 6. The molecule has 0 bridgehead atoms. The number of carbonyl (C=O) groups excluding carboxylic acids is 3. The minimum absolute atomic E-state index is 0.101. The smallest absolute Gasteiger partial charge is 0.342 e. The first-order valence-corrected chi connectivity index (χ1v) is 15.2. The summed E-state index contributed by atoms with van der Waals surface area (Å²) in [7, 11) is 0. The highest BCUT2D eigenvalue weighted by Gasteiger charge is 2.32. The number of ketones is 1. The van der Waals surface area contributed by atoms with Gasteiger partial charge in [0.25, 0.3) is 5.91 Å². The van der Waals surface area contributed by atoms with Crippen molar-refractivity contribution in [2.75, 3.05) is 11.6 Å². The minimum atomic E-state index is -0.855. The van der Waals surface area contributed by atoms with Crippen LogP contribution in [0, 0.1) is 11.3 Å². The van der Waals surface area contributed by atoms with Crippen molar-refractivity contribution < 1.29 is 19.1 Å². The number of nitriles is 1. The van der Waals surface area contributed by atoms with Gasteiger partial charge >= 0.3 is 5.97 Å². The summed E-state index contributed by atoms with van der Waals surface area (Å²) in [5, 5.41) is 25.4. The number of Topliss-reactive ketones (excluding diaryl/α,β-unsaturated/α-hetero) is 1. The van der Waals surface area contributed by atoms with Gasteiger partial charge in [-0.05, 0) is 62.0 Å². The van der Waals surface area contributed by atoms with Crippen molar-refractivity contribution in [2.45, 2.75) is 20.8 Å². The minimum Gasteiger partial charge on any atom is -0.462 e. The third kappa shape index (κ3) is 6.61. The molecule has 1 aliphatic heterocycles. The van der Waals surface area contributed by atoms with Crippen molar-refractivity contribution in [3.05, 3.63) is 112 Å². The van der Waals surface area contributed by atoms with Gasteiger partial charge in [0.15, 0.2) is 16.4 Å². The summed E-state index contributed by atoms with van der Waals surface area (Å²) in [6.45, 7) is 4.75. The van der Waals surface area contributed by atoms with Crippen LogP contribution in [0.25, 0.3) is 16.9 Å². The molecule has 0 radical (unpaired) electrons. The maximum Gasteiger partial charge on any atom is 0.342 e. The topological polar surface area (TPSA) is 142 Å². The lowest BCUT2D eigenvalue weighted by Crippen LogP contribution is -2.24. The summed E-state index contributed by atoms with van der Waals surface area (Å²) in [6.07, 6.45) is 0. The highest BCUT2D eigenvalue weighted by molar-refractivity contribution is 8.19. The van der Waals surface area contributed by atoms with E-state index in [1.165, 1.54) is 11.9 Å². The summed E-state index contributed by atoms with van der Waals surface area (Å²) in [5.74, 6) is -1.80. The van der Waals surface area contributed by atoms with Gasteiger partial charge in [-0.15, -0.1) is 0 Å². The second-order valence-electron chi connectivity index (χ2n) is 9.69. The molecule has 5 rings (SSSR count). The molecule has 0 aliphatic carbocycles. The van der Waals surface area contributed by atoms with Crippen LogP contribution in [-0.4, -0.2) is 44.8 Å². The van der Waals surface area contributed by atoms with Crippen LogP contribution < -0.4 is 10.4 Å². The first kappa shape index (κ1) is 31.9. The van der Waals surface area contributed by atoms with E-state index in [1.807, 2.05) is 66.7 Å². The number of hydrazone groups is 2. The fourth-order valence-corrected chi connectivity index (χ4v) is 5.52. The molecule has 0 fully saturated rings. The third-order valence-electron chi connectivity index (χ3n) is 6.58. The molecule has 4 aromatic rings. The number of benzene rings is 3. The van der Waals surface area contributed by atoms with Crippen LogP contribution in [0.1, 0.15) is 36.8 Å². The van der Waals surface area contributed by atoms with Gasteiger partial charge in [-0.3, -0.25) is 9.59 Å². The number of esters is 1. The van der Waals surface area contributed by atoms with E-state index in [-0.39, 0.29) is 45.0 Å². The van der Waals surface area contributed by atoms with Gasteiger partial charge in [0.1, 0.15) is 22.4 Å². The highest BCUT2D eigenvalue weighted by atomic mass is 35.5. The van der Waals surface area contributed by atoms with E-state index in [4.69, 9.17) is 21.4 Å². The highest BCUT2D eigenvalue weighted by Crippen LogP contribution is 2.37. The first-order valence-electron chi connectivity index (χ1n) is 14.0. The molecule has 1 amide bonds. The number of anilines is 1. The monoisotopic (exact) mass is 651 g/mol. The Labute approximate surface area is 273 Å². The van der Waals surface area contributed by atoms with E-state index in [0.717, 1.165) is 11.8 Å². The summed E-state index contributed by atoms with van der Waals surface area (Å²) in [5.41, 5.74) is 4.96. The number of halogens is 1. The Kier molecular flexibility index (Phi) is 9.76. The SMILES string of the molecule is CCOC(=O)c1c(/C(C)=N/NC(=O)/C(C#N)=C2/SC(C(C)=O)=NN2c2ccc(Cl)cc2)nn(-c2ccccc2)c1-c1ccccc1. The van der Waals surface area contributed by atoms with Crippen LogP contribution >= 0.6 is 23.4 Å². The number of thioether (sulfide) groups is 1. The molecule has 0 unspecified atom stereocenters. The lowest BCUT2D eigenvalue weighted by molar-refractivity contribution is -0.117. The number of hydrogen-bond acceptors (Lipinski definition) is 10. The van der Waals surface area contributed by atoms with Crippen molar-refractivity contribution in [3.8, 4) is 23.0 Å². The number of para-hydroxylation sites is 1. The van der Waals surface area contributed by atoms with Gasteiger partial charge in [-0.2, -0.15) is 20.6 Å². The van der Waals surface area contributed by atoms with Crippen molar-refractivity contribution >= 4 is 57.5 Å². The fraction of sp³-hybridized carbons (Fsp3) is 0.121. The van der Waals surface area contributed by atoms with Crippen molar-refractivity contribution in [3.63, 3.8) is 0 Å². The number of amides is 1. The second-order valence-corrected chi connectivity index (χ2v) is 11.1. The van der Waals surface area contributed by atoms with E-state index in [2.05, 4.69) is 15.6 Å². The molecule has 1 N–H and O–H groups in total. The van der Waals surface area contributed by atoms with Crippen LogP contribution in [0.15, 0.2) is 106 Å². The van der Waals surface area contributed by atoms with Gasteiger partial charge in [0.05, 0.1) is 29.4 Å². The first-order chi connectivity index (χ1) is 22.2. The molecule has 2 heterocycles. The van der Waals surface area contributed by atoms with Crippen molar-refractivity contribution in [1.82, 2.24) is 15.2 Å². The zero-order valence-electron chi connectivity index (χ0n) is 24.9. The Morgan fingerprint density at radius 2 is 1.63 bits per heavy atom. The van der Waals surface area contributed by atoms with E-state index < -0.39 is 11.9 Å². The van der Waals surface area contributed by atoms with Gasteiger partial charge in [0, 0.05) is 17.5 Å². The predicted octanol–water partition coefficient (Wildman–Crippen LogP) is 6.10. The average Bonchev–Trinajstić information content (AvgIpc) is 3.69. The molecule has 1 aliphatic rings. The second kappa shape index (κ2) is 14.1. The molecule has 1 aromatic heterocycles. The number of carbonyl (C=O) groups is 3. The number of rotatable bonds is 9. The Morgan fingerprint density at radius 1 is 0.978 bits per heavy atom. The summed E-state index contributed by atoms with van der Waals surface area (Å²) in [4.78, 5) is 39.0. The van der Waals surface area contributed by atoms with Crippen molar-refractivity contribution in [2.24, 2.45) is 10.2 Å². The standard InChI is InChI=1S/C33H26ClN7O4S/c1-4-45-33(44)27-28(38-40(24-13-9-6-10-14-24)29(27)22-11-7-5-8-12-22)20(2)36-37-30(43)26(19-35)32-41(39-31(46-32)21(3)42)25-17-15-23(34)16-18-25/h5-18H,4H2,1-3H3,(H,37,43)/b32-26+,36-20+. The Balaban J connectivity index is 1.57. The van der Waals surface area contributed by atoms with Crippen LogP contribution in [0.2, 0.25) is 5.02 Å².